The van der Waals surface area contributed by atoms with E-state index in [0.717, 1.165) is 6.07 Å². The Bertz CT molecular complexity index is 538. The highest BCUT2D eigenvalue weighted by molar-refractivity contribution is 5.82. The standard InChI is InChI=1S/C13H18FN3O3/c1-8-5-10(11(17(19)20)6-9(8)14)15-7-12(18)16-13(2,3)4/h5-6,15H,7H2,1-4H3,(H,16,18). The van der Waals surface area contributed by atoms with Gasteiger partial charge in [-0.15, -0.1) is 0 Å². The first kappa shape index (κ1) is 15.9. The van der Waals surface area contributed by atoms with Gasteiger partial charge in [0.25, 0.3) is 5.69 Å². The number of aryl methyl sites for hydroxylation is 1. The summed E-state index contributed by atoms with van der Waals surface area (Å²) in [6, 6.07) is 2.16. The van der Waals surface area contributed by atoms with Gasteiger partial charge in [0.2, 0.25) is 5.91 Å². The van der Waals surface area contributed by atoms with Crippen molar-refractivity contribution in [1.82, 2.24) is 5.32 Å². The molecule has 0 saturated carbocycles. The van der Waals surface area contributed by atoms with Crippen LogP contribution in [0.5, 0.6) is 0 Å². The van der Waals surface area contributed by atoms with E-state index < -0.39 is 16.4 Å². The average Bonchev–Trinajstić information content (AvgIpc) is 2.27. The van der Waals surface area contributed by atoms with Gasteiger partial charge in [-0.05, 0) is 39.3 Å². The molecule has 0 radical (unpaired) electrons. The molecule has 110 valence electrons. The molecule has 2 N–H and O–H groups in total. The van der Waals surface area contributed by atoms with E-state index in [-0.39, 0.29) is 29.2 Å². The highest BCUT2D eigenvalue weighted by atomic mass is 19.1. The van der Waals surface area contributed by atoms with Gasteiger partial charge in [0.15, 0.2) is 0 Å². The highest BCUT2D eigenvalue weighted by Crippen LogP contribution is 2.27. The maximum Gasteiger partial charge on any atom is 0.295 e. The number of nitro benzene ring substituents is 1. The largest absolute Gasteiger partial charge is 0.371 e. The van der Waals surface area contributed by atoms with Gasteiger partial charge in [-0.25, -0.2) is 4.39 Å². The third-order valence-corrected chi connectivity index (χ3v) is 2.43. The number of hydrogen-bond acceptors (Lipinski definition) is 4. The Morgan fingerprint density at radius 1 is 1.40 bits per heavy atom. The minimum absolute atomic E-state index is 0.122. The van der Waals surface area contributed by atoms with Crippen molar-refractivity contribution in [3.05, 3.63) is 33.6 Å². The molecule has 0 fully saturated rings. The second kappa shape index (κ2) is 5.85. The summed E-state index contributed by atoms with van der Waals surface area (Å²) >= 11 is 0. The van der Waals surface area contributed by atoms with Crippen LogP contribution in [0.2, 0.25) is 0 Å². The van der Waals surface area contributed by atoms with Crippen molar-refractivity contribution in [2.24, 2.45) is 0 Å². The average molecular weight is 283 g/mol. The molecule has 0 bridgehead atoms. The van der Waals surface area contributed by atoms with E-state index in [1.165, 1.54) is 13.0 Å². The Labute approximate surface area is 116 Å². The second-order valence-corrected chi connectivity index (χ2v) is 5.53. The molecular formula is C13H18FN3O3. The van der Waals surface area contributed by atoms with Crippen LogP contribution in [0.25, 0.3) is 0 Å². The lowest BCUT2D eigenvalue weighted by molar-refractivity contribution is -0.384. The minimum atomic E-state index is -0.688. The molecule has 1 aromatic rings. The molecule has 0 aromatic heterocycles. The number of benzene rings is 1. The predicted octanol–water partition coefficient (Wildman–Crippen LogP) is 2.37. The molecule has 0 unspecified atom stereocenters. The summed E-state index contributed by atoms with van der Waals surface area (Å²) in [6.07, 6.45) is 0. The normalized spacial score (nSPS) is 11.1. The third kappa shape index (κ3) is 4.49. The van der Waals surface area contributed by atoms with Gasteiger partial charge in [0, 0.05) is 5.54 Å². The Balaban J connectivity index is 2.85. The number of nitrogens with one attached hydrogen (secondary N) is 2. The van der Waals surface area contributed by atoms with Gasteiger partial charge < -0.3 is 10.6 Å². The van der Waals surface area contributed by atoms with E-state index in [1.54, 1.807) is 0 Å². The first-order valence-corrected chi connectivity index (χ1v) is 6.09. The highest BCUT2D eigenvalue weighted by Gasteiger charge is 2.19. The molecule has 0 heterocycles. The molecule has 1 amide bonds. The van der Waals surface area contributed by atoms with Crippen molar-refractivity contribution in [3.8, 4) is 0 Å². The zero-order chi connectivity index (χ0) is 15.5. The summed E-state index contributed by atoms with van der Waals surface area (Å²) in [5.41, 5.74) is -0.382. The molecule has 0 aliphatic heterocycles. The molecular weight excluding hydrogens is 265 g/mol. The van der Waals surface area contributed by atoms with Crippen LogP contribution in [0, 0.1) is 22.9 Å². The lowest BCUT2D eigenvalue weighted by Crippen LogP contribution is -2.43. The van der Waals surface area contributed by atoms with Gasteiger partial charge >= 0.3 is 0 Å². The number of rotatable bonds is 4. The quantitative estimate of drug-likeness (QED) is 0.656. The van der Waals surface area contributed by atoms with Crippen LogP contribution in [0.4, 0.5) is 15.8 Å². The molecule has 7 heteroatoms. The Morgan fingerprint density at radius 2 is 2.00 bits per heavy atom. The van der Waals surface area contributed by atoms with Gasteiger partial charge in [-0.3, -0.25) is 14.9 Å². The number of nitro groups is 1. The Hall–Kier alpha value is -2.18. The fourth-order valence-electron chi connectivity index (χ4n) is 1.60. The summed E-state index contributed by atoms with van der Waals surface area (Å²) in [7, 11) is 0. The lowest BCUT2D eigenvalue weighted by Gasteiger charge is -2.20. The zero-order valence-corrected chi connectivity index (χ0v) is 11.9. The number of amides is 1. The fraction of sp³-hybridized carbons (Fsp3) is 0.462. The monoisotopic (exact) mass is 283 g/mol. The maximum absolute atomic E-state index is 13.3. The minimum Gasteiger partial charge on any atom is -0.371 e. The Morgan fingerprint density at radius 3 is 2.50 bits per heavy atom. The topological polar surface area (TPSA) is 84.3 Å². The molecule has 0 aliphatic carbocycles. The van der Waals surface area contributed by atoms with E-state index in [4.69, 9.17) is 0 Å². The molecule has 6 nitrogen and oxygen atoms in total. The van der Waals surface area contributed by atoms with E-state index in [2.05, 4.69) is 10.6 Å². The molecule has 0 saturated heterocycles. The van der Waals surface area contributed by atoms with E-state index in [0.29, 0.717) is 0 Å². The smallest absolute Gasteiger partial charge is 0.295 e. The van der Waals surface area contributed by atoms with E-state index in [9.17, 15) is 19.3 Å². The fourth-order valence-corrected chi connectivity index (χ4v) is 1.60. The predicted molar refractivity (Wildman–Crippen MR) is 74.2 cm³/mol. The van der Waals surface area contributed by atoms with Crippen molar-refractivity contribution in [3.63, 3.8) is 0 Å². The van der Waals surface area contributed by atoms with Crippen molar-refractivity contribution < 1.29 is 14.1 Å². The third-order valence-electron chi connectivity index (χ3n) is 2.43. The SMILES string of the molecule is Cc1cc(NCC(=O)NC(C)(C)C)c([N+](=O)[O-])cc1F. The molecule has 0 atom stereocenters. The maximum atomic E-state index is 13.3. The molecule has 0 aliphatic rings. The number of carbonyl (C=O) groups is 1. The van der Waals surface area contributed by atoms with Crippen LogP contribution in [-0.4, -0.2) is 22.9 Å². The second-order valence-electron chi connectivity index (χ2n) is 5.53. The molecule has 1 aromatic carbocycles. The van der Waals surface area contributed by atoms with Crippen molar-refractivity contribution in [2.45, 2.75) is 33.2 Å². The zero-order valence-electron chi connectivity index (χ0n) is 11.9. The summed E-state index contributed by atoms with van der Waals surface area (Å²) in [5, 5.41) is 16.2. The van der Waals surface area contributed by atoms with Crippen LogP contribution in [0.1, 0.15) is 26.3 Å². The van der Waals surface area contributed by atoms with Crippen molar-refractivity contribution in [2.75, 3.05) is 11.9 Å². The number of nitrogens with zero attached hydrogens (tertiary/aromatic N) is 1. The van der Waals surface area contributed by atoms with Gasteiger partial charge in [-0.2, -0.15) is 0 Å². The first-order valence-electron chi connectivity index (χ1n) is 6.09. The summed E-state index contributed by atoms with van der Waals surface area (Å²) in [5.74, 6) is -0.949. The van der Waals surface area contributed by atoms with Gasteiger partial charge in [0.05, 0.1) is 17.5 Å². The summed E-state index contributed by atoms with van der Waals surface area (Å²) in [6.45, 7) is 6.86. The van der Waals surface area contributed by atoms with Gasteiger partial charge in [0.1, 0.15) is 11.5 Å². The molecule has 20 heavy (non-hydrogen) atoms. The summed E-state index contributed by atoms with van der Waals surface area (Å²) in [4.78, 5) is 21.8. The molecule has 1 rings (SSSR count). The van der Waals surface area contributed by atoms with Crippen LogP contribution in [-0.2, 0) is 4.79 Å². The van der Waals surface area contributed by atoms with Gasteiger partial charge in [-0.1, -0.05) is 0 Å². The molecule has 0 spiro atoms. The number of hydrogen-bond donors (Lipinski definition) is 2. The Kier molecular flexibility index (Phi) is 4.65. The first-order chi connectivity index (χ1) is 9.10. The van der Waals surface area contributed by atoms with Crippen LogP contribution >= 0.6 is 0 Å². The van der Waals surface area contributed by atoms with E-state index >= 15 is 0 Å². The summed E-state index contributed by atoms with van der Waals surface area (Å²) < 4.78 is 13.3. The van der Waals surface area contributed by atoms with Crippen LogP contribution in [0.15, 0.2) is 12.1 Å². The van der Waals surface area contributed by atoms with Crippen molar-refractivity contribution in [1.29, 1.82) is 0 Å². The van der Waals surface area contributed by atoms with Crippen LogP contribution in [0.3, 0.4) is 0 Å². The lowest BCUT2D eigenvalue weighted by atomic mass is 10.1. The van der Waals surface area contributed by atoms with Crippen molar-refractivity contribution >= 4 is 17.3 Å². The number of anilines is 1. The number of carbonyl (C=O) groups excluding carboxylic acids is 1. The van der Waals surface area contributed by atoms with E-state index in [1.807, 2.05) is 20.8 Å². The van der Waals surface area contributed by atoms with Crippen LogP contribution < -0.4 is 10.6 Å². The number of halogens is 1.